The molecule has 0 saturated carbocycles. The highest BCUT2D eigenvalue weighted by atomic mass is 127. The number of nitrogens with one attached hydrogen (secondary N) is 3. The molecule has 1 amide bonds. The number of thiazole rings is 1. The van der Waals surface area contributed by atoms with E-state index in [1.165, 1.54) is 4.88 Å². The van der Waals surface area contributed by atoms with Gasteiger partial charge in [0, 0.05) is 24.2 Å². The molecule has 1 heterocycles. The molecule has 0 fully saturated rings. The zero-order valence-corrected chi connectivity index (χ0v) is 22.0. The van der Waals surface area contributed by atoms with Crippen LogP contribution in [0, 0.1) is 0 Å². The van der Waals surface area contributed by atoms with Gasteiger partial charge in [0.05, 0.1) is 12.6 Å². The van der Waals surface area contributed by atoms with E-state index in [2.05, 4.69) is 32.9 Å². The van der Waals surface area contributed by atoms with Gasteiger partial charge in [0.15, 0.2) is 5.96 Å². The lowest BCUT2D eigenvalue weighted by molar-refractivity contribution is 0.0504. The summed E-state index contributed by atoms with van der Waals surface area (Å²) in [5.74, 6) is 0.678. The van der Waals surface area contributed by atoms with Crippen LogP contribution < -0.4 is 16.0 Å². The van der Waals surface area contributed by atoms with Gasteiger partial charge in [-0.1, -0.05) is 37.3 Å². The van der Waals surface area contributed by atoms with E-state index in [1.807, 2.05) is 64.2 Å². The molecule has 0 saturated heterocycles. The molecule has 0 bridgehead atoms. The lowest BCUT2D eigenvalue weighted by Crippen LogP contribution is -2.44. The second kappa shape index (κ2) is 13.5. The Hall–Kier alpha value is -1.88. The van der Waals surface area contributed by atoms with Crippen LogP contribution in [-0.4, -0.2) is 35.7 Å². The highest BCUT2D eigenvalue weighted by molar-refractivity contribution is 14.0. The van der Waals surface area contributed by atoms with Crippen molar-refractivity contribution in [1.29, 1.82) is 0 Å². The number of guanidine groups is 1. The summed E-state index contributed by atoms with van der Waals surface area (Å²) >= 11 is 1.68. The maximum absolute atomic E-state index is 12.3. The normalized spacial score (nSPS) is 12.5. The van der Waals surface area contributed by atoms with Crippen LogP contribution in [0.1, 0.15) is 56.1 Å². The molecule has 0 spiro atoms. The van der Waals surface area contributed by atoms with E-state index in [0.717, 1.165) is 23.5 Å². The van der Waals surface area contributed by atoms with Crippen LogP contribution in [0.5, 0.6) is 0 Å². The van der Waals surface area contributed by atoms with E-state index in [1.54, 1.807) is 11.3 Å². The number of amides is 1. The van der Waals surface area contributed by atoms with E-state index in [-0.39, 0.29) is 30.0 Å². The summed E-state index contributed by atoms with van der Waals surface area (Å²) in [7, 11) is 0. The van der Waals surface area contributed by atoms with Gasteiger partial charge in [-0.25, -0.2) is 14.8 Å². The maximum atomic E-state index is 12.3. The molecule has 31 heavy (non-hydrogen) atoms. The van der Waals surface area contributed by atoms with Crippen molar-refractivity contribution in [2.24, 2.45) is 4.99 Å². The first kappa shape index (κ1) is 27.2. The highest BCUT2D eigenvalue weighted by Gasteiger charge is 2.20. The van der Waals surface area contributed by atoms with Gasteiger partial charge < -0.3 is 20.7 Å². The minimum atomic E-state index is -0.555. The fourth-order valence-electron chi connectivity index (χ4n) is 2.66. The van der Waals surface area contributed by atoms with Gasteiger partial charge in [-0.05, 0) is 39.7 Å². The Bertz CT molecular complexity index is 821. The molecule has 0 aliphatic carbocycles. The number of hydrogen-bond donors (Lipinski definition) is 3. The molecule has 0 aliphatic heterocycles. The first-order valence-electron chi connectivity index (χ1n) is 10.3. The number of benzene rings is 1. The van der Waals surface area contributed by atoms with Crippen molar-refractivity contribution < 1.29 is 9.53 Å². The molecular weight excluding hydrogens is 525 g/mol. The number of carbonyl (C=O) groups excluding carboxylic acids is 1. The molecule has 1 aromatic heterocycles. The van der Waals surface area contributed by atoms with E-state index in [0.29, 0.717) is 19.0 Å². The van der Waals surface area contributed by atoms with Gasteiger partial charge in [0.2, 0.25) is 0 Å². The highest BCUT2D eigenvalue weighted by Crippen LogP contribution is 2.15. The van der Waals surface area contributed by atoms with Crippen LogP contribution in [0.4, 0.5) is 4.79 Å². The fourth-order valence-corrected chi connectivity index (χ4v) is 3.45. The Morgan fingerprint density at radius 2 is 1.90 bits per heavy atom. The number of halogens is 1. The standard InChI is InChI=1S/C22H33N5O2S.HI/c1-6-17-13-24-19(30-17)15-26-20(23-7-2)25-14-18(16-11-9-8-10-12-16)27-21(28)29-22(3,4)5;/h8-13,18H,6-7,14-15H2,1-5H3,(H,27,28)(H2,23,25,26);1H. The first-order chi connectivity index (χ1) is 14.3. The quantitative estimate of drug-likeness (QED) is 0.249. The van der Waals surface area contributed by atoms with Crippen molar-refractivity contribution in [2.75, 3.05) is 13.1 Å². The number of nitrogens with zero attached hydrogens (tertiary/aromatic N) is 2. The average Bonchev–Trinajstić information content (AvgIpc) is 3.16. The van der Waals surface area contributed by atoms with Crippen LogP contribution >= 0.6 is 35.3 Å². The van der Waals surface area contributed by atoms with E-state index < -0.39 is 11.7 Å². The lowest BCUT2D eigenvalue weighted by atomic mass is 10.1. The summed E-state index contributed by atoms with van der Waals surface area (Å²) in [5.41, 5.74) is 0.430. The molecule has 172 valence electrons. The van der Waals surface area contributed by atoms with Crippen molar-refractivity contribution in [3.05, 3.63) is 52.0 Å². The molecule has 1 aromatic carbocycles. The van der Waals surface area contributed by atoms with Gasteiger partial charge in [0.1, 0.15) is 10.6 Å². The predicted molar refractivity (Wildman–Crippen MR) is 138 cm³/mol. The number of carbonyl (C=O) groups is 1. The molecule has 9 heteroatoms. The number of aryl methyl sites for hydroxylation is 1. The first-order valence-corrected chi connectivity index (χ1v) is 11.1. The summed E-state index contributed by atoms with van der Waals surface area (Å²) in [6, 6.07) is 9.55. The van der Waals surface area contributed by atoms with Crippen LogP contribution in [0.25, 0.3) is 0 Å². The molecule has 7 nitrogen and oxygen atoms in total. The number of rotatable bonds is 8. The Balaban J connectivity index is 0.00000480. The summed E-state index contributed by atoms with van der Waals surface area (Å²) in [6.45, 7) is 11.4. The van der Waals surface area contributed by atoms with Crippen molar-refractivity contribution in [2.45, 2.75) is 59.2 Å². The smallest absolute Gasteiger partial charge is 0.408 e. The minimum Gasteiger partial charge on any atom is -0.444 e. The summed E-state index contributed by atoms with van der Waals surface area (Å²) in [5, 5.41) is 10.5. The fraction of sp³-hybridized carbons (Fsp3) is 0.500. The van der Waals surface area contributed by atoms with Crippen LogP contribution in [-0.2, 0) is 17.7 Å². The molecule has 0 radical (unpaired) electrons. The Labute approximate surface area is 206 Å². The van der Waals surface area contributed by atoms with Crippen LogP contribution in [0.15, 0.2) is 41.5 Å². The SMILES string of the molecule is CCNC(=NCc1ncc(CC)s1)NCC(NC(=O)OC(C)(C)C)c1ccccc1.I. The topological polar surface area (TPSA) is 87.6 Å². The molecule has 2 rings (SSSR count). The van der Waals surface area contributed by atoms with Crippen molar-refractivity contribution in [3.8, 4) is 0 Å². The number of aromatic nitrogens is 1. The monoisotopic (exact) mass is 559 g/mol. The third-order valence-corrected chi connectivity index (χ3v) is 5.16. The zero-order chi connectivity index (χ0) is 22.0. The summed E-state index contributed by atoms with van der Waals surface area (Å²) < 4.78 is 5.43. The number of aliphatic imine (C=N–C) groups is 1. The largest absolute Gasteiger partial charge is 0.444 e. The summed E-state index contributed by atoms with van der Waals surface area (Å²) in [4.78, 5) is 22.6. The van der Waals surface area contributed by atoms with Gasteiger partial charge >= 0.3 is 6.09 Å². The Kier molecular flexibility index (Phi) is 11.8. The van der Waals surface area contributed by atoms with Gasteiger partial charge in [-0.3, -0.25) is 0 Å². The second-order valence-corrected chi connectivity index (χ2v) is 8.96. The zero-order valence-electron chi connectivity index (χ0n) is 18.9. The van der Waals surface area contributed by atoms with Crippen molar-refractivity contribution in [3.63, 3.8) is 0 Å². The predicted octanol–water partition coefficient (Wildman–Crippen LogP) is 4.64. The molecule has 3 N–H and O–H groups in total. The third-order valence-electron chi connectivity index (χ3n) is 4.03. The third kappa shape index (κ3) is 10.3. The number of hydrogen-bond acceptors (Lipinski definition) is 5. The molecule has 1 atom stereocenters. The lowest BCUT2D eigenvalue weighted by Gasteiger charge is -2.24. The van der Waals surface area contributed by atoms with E-state index >= 15 is 0 Å². The van der Waals surface area contributed by atoms with Gasteiger partial charge in [-0.2, -0.15) is 0 Å². The van der Waals surface area contributed by atoms with Gasteiger partial charge in [-0.15, -0.1) is 35.3 Å². The average molecular weight is 560 g/mol. The number of ether oxygens (including phenoxy) is 1. The Morgan fingerprint density at radius 3 is 2.48 bits per heavy atom. The van der Waals surface area contributed by atoms with Crippen molar-refractivity contribution >= 4 is 47.4 Å². The van der Waals surface area contributed by atoms with Crippen LogP contribution in [0.3, 0.4) is 0 Å². The van der Waals surface area contributed by atoms with E-state index in [9.17, 15) is 4.79 Å². The van der Waals surface area contributed by atoms with Crippen molar-refractivity contribution in [1.82, 2.24) is 20.9 Å². The maximum Gasteiger partial charge on any atom is 0.408 e. The molecule has 0 aliphatic rings. The van der Waals surface area contributed by atoms with Gasteiger partial charge in [0.25, 0.3) is 0 Å². The van der Waals surface area contributed by atoms with E-state index in [4.69, 9.17) is 4.74 Å². The second-order valence-electron chi connectivity index (χ2n) is 7.76. The van der Waals surface area contributed by atoms with Crippen LogP contribution in [0.2, 0.25) is 0 Å². The Morgan fingerprint density at radius 1 is 1.19 bits per heavy atom. The number of alkyl carbamates (subject to hydrolysis) is 1. The molecular formula is C22H34IN5O2S. The minimum absolute atomic E-state index is 0. The molecule has 1 unspecified atom stereocenters. The summed E-state index contributed by atoms with van der Waals surface area (Å²) in [6.07, 6.45) is 2.44. The molecule has 2 aromatic rings.